The second-order valence-corrected chi connectivity index (χ2v) is 5.46. The molecule has 0 radical (unpaired) electrons. The number of hydrogen-bond acceptors (Lipinski definition) is 2. The maximum Gasteiger partial charge on any atom is 0.101 e. The van der Waals surface area contributed by atoms with E-state index in [4.69, 9.17) is 0 Å². The molecule has 0 saturated carbocycles. The normalized spacial score (nSPS) is 18.9. The van der Waals surface area contributed by atoms with Crippen molar-refractivity contribution >= 4 is 0 Å². The smallest absolute Gasteiger partial charge is 0.101 e. The van der Waals surface area contributed by atoms with Crippen LogP contribution in [0, 0.1) is 0 Å². The Morgan fingerprint density at radius 3 is 2.00 bits per heavy atom. The third-order valence-electron chi connectivity index (χ3n) is 3.78. The van der Waals surface area contributed by atoms with Crippen LogP contribution in [0.2, 0.25) is 0 Å². The zero-order valence-corrected chi connectivity index (χ0v) is 12.7. The van der Waals surface area contributed by atoms with Crippen LogP contribution in [0.15, 0.2) is 12.4 Å². The molecular weight excluding hydrogens is 220 g/mol. The summed E-state index contributed by atoms with van der Waals surface area (Å²) in [6, 6.07) is 0. The molecule has 0 aliphatic carbocycles. The van der Waals surface area contributed by atoms with Crippen molar-refractivity contribution in [3.05, 3.63) is 12.4 Å². The van der Waals surface area contributed by atoms with Gasteiger partial charge in [-0.05, 0) is 25.7 Å². The average Bonchev–Trinajstić information content (AvgIpc) is 2.75. The lowest BCUT2D eigenvalue weighted by molar-refractivity contribution is 0.138. The summed E-state index contributed by atoms with van der Waals surface area (Å²) < 4.78 is 0. The lowest BCUT2D eigenvalue weighted by atomic mass is 10.1. The van der Waals surface area contributed by atoms with E-state index < -0.39 is 0 Å². The Morgan fingerprint density at radius 2 is 1.39 bits per heavy atom. The molecule has 1 aliphatic rings. The van der Waals surface area contributed by atoms with Crippen LogP contribution in [0.1, 0.15) is 72.1 Å². The van der Waals surface area contributed by atoms with Crippen molar-refractivity contribution < 1.29 is 0 Å². The third kappa shape index (κ3) is 4.91. The Bertz CT molecular complexity index is 225. The predicted octanol–water partition coefficient (Wildman–Crippen LogP) is 4.58. The van der Waals surface area contributed by atoms with Crippen LogP contribution in [-0.2, 0) is 0 Å². The van der Waals surface area contributed by atoms with Gasteiger partial charge in [0, 0.05) is 25.5 Å². The Morgan fingerprint density at radius 1 is 0.722 bits per heavy atom. The molecule has 0 bridgehead atoms. The molecular formula is C16H32N2. The van der Waals surface area contributed by atoms with E-state index in [1.165, 1.54) is 64.5 Å². The van der Waals surface area contributed by atoms with Gasteiger partial charge in [-0.1, -0.05) is 46.5 Å². The van der Waals surface area contributed by atoms with Gasteiger partial charge in [-0.15, -0.1) is 0 Å². The second-order valence-electron chi connectivity index (χ2n) is 5.46. The largest absolute Gasteiger partial charge is 0.356 e. The van der Waals surface area contributed by atoms with E-state index in [1.807, 2.05) is 0 Å². The van der Waals surface area contributed by atoms with E-state index in [1.54, 1.807) is 0 Å². The third-order valence-corrected chi connectivity index (χ3v) is 3.78. The molecule has 0 fully saturated rings. The van der Waals surface area contributed by atoms with E-state index in [0.717, 1.165) is 0 Å². The number of unbranched alkanes of at least 4 members (excludes halogenated alkanes) is 4. The van der Waals surface area contributed by atoms with Crippen molar-refractivity contribution in [2.75, 3.05) is 13.1 Å². The van der Waals surface area contributed by atoms with Gasteiger partial charge >= 0.3 is 0 Å². The fourth-order valence-electron chi connectivity index (χ4n) is 2.71. The highest BCUT2D eigenvalue weighted by Crippen LogP contribution is 2.21. The number of nitrogens with zero attached hydrogens (tertiary/aromatic N) is 2. The first-order valence-corrected chi connectivity index (χ1v) is 8.03. The van der Waals surface area contributed by atoms with E-state index in [0.29, 0.717) is 6.17 Å². The highest BCUT2D eigenvalue weighted by atomic mass is 15.4. The van der Waals surface area contributed by atoms with Crippen LogP contribution in [0.25, 0.3) is 0 Å². The zero-order valence-electron chi connectivity index (χ0n) is 12.7. The van der Waals surface area contributed by atoms with Gasteiger partial charge in [0.25, 0.3) is 0 Å². The van der Waals surface area contributed by atoms with Gasteiger partial charge < -0.3 is 9.80 Å². The molecule has 106 valence electrons. The lowest BCUT2D eigenvalue weighted by Gasteiger charge is -2.33. The fraction of sp³-hybridized carbons (Fsp3) is 0.875. The molecule has 0 aromatic heterocycles. The quantitative estimate of drug-likeness (QED) is 0.525. The van der Waals surface area contributed by atoms with E-state index in [-0.39, 0.29) is 0 Å². The van der Waals surface area contributed by atoms with Crippen LogP contribution < -0.4 is 0 Å². The molecule has 2 nitrogen and oxygen atoms in total. The molecule has 0 aromatic carbocycles. The first-order chi connectivity index (χ1) is 8.83. The Hall–Kier alpha value is -0.660. The van der Waals surface area contributed by atoms with Crippen molar-refractivity contribution in [3.8, 4) is 0 Å². The Kier molecular flexibility index (Phi) is 7.95. The summed E-state index contributed by atoms with van der Waals surface area (Å²) in [7, 11) is 0. The summed E-state index contributed by atoms with van der Waals surface area (Å²) in [5.41, 5.74) is 0. The molecule has 0 spiro atoms. The van der Waals surface area contributed by atoms with Gasteiger partial charge in [0.1, 0.15) is 6.17 Å². The minimum Gasteiger partial charge on any atom is -0.356 e. The fourth-order valence-corrected chi connectivity index (χ4v) is 2.71. The molecule has 1 unspecified atom stereocenters. The molecule has 1 aliphatic heterocycles. The van der Waals surface area contributed by atoms with Gasteiger partial charge in [0.15, 0.2) is 0 Å². The summed E-state index contributed by atoms with van der Waals surface area (Å²) in [4.78, 5) is 5.11. The summed E-state index contributed by atoms with van der Waals surface area (Å²) in [5.74, 6) is 0. The minimum atomic E-state index is 0.645. The van der Waals surface area contributed by atoms with Crippen LogP contribution in [0.4, 0.5) is 0 Å². The van der Waals surface area contributed by atoms with Gasteiger partial charge in [0.05, 0.1) is 0 Å². The summed E-state index contributed by atoms with van der Waals surface area (Å²) in [5, 5.41) is 0. The molecule has 0 saturated heterocycles. The van der Waals surface area contributed by atoms with E-state index in [9.17, 15) is 0 Å². The van der Waals surface area contributed by atoms with Gasteiger partial charge in [-0.25, -0.2) is 0 Å². The molecule has 2 heteroatoms. The van der Waals surface area contributed by atoms with Gasteiger partial charge in [-0.2, -0.15) is 0 Å². The molecule has 0 aromatic rings. The molecule has 0 N–H and O–H groups in total. The highest BCUT2D eigenvalue weighted by Gasteiger charge is 2.24. The van der Waals surface area contributed by atoms with Crippen molar-refractivity contribution in [1.82, 2.24) is 9.80 Å². The van der Waals surface area contributed by atoms with Crippen LogP contribution >= 0.6 is 0 Å². The van der Waals surface area contributed by atoms with Gasteiger partial charge in [-0.3, -0.25) is 0 Å². The summed E-state index contributed by atoms with van der Waals surface area (Å²) in [6.07, 6.45) is 15.9. The standard InChI is InChI=1S/C16H32N2/c1-4-7-9-10-13-18-15-14-17(12-6-3)16(18)11-8-5-2/h14-16H,4-13H2,1-3H3. The minimum absolute atomic E-state index is 0.645. The molecule has 0 amide bonds. The maximum atomic E-state index is 2.57. The SMILES string of the molecule is CCCCCCN1C=CN(CCC)C1CCCC. The first kappa shape index (κ1) is 15.4. The van der Waals surface area contributed by atoms with Crippen molar-refractivity contribution in [2.24, 2.45) is 0 Å². The topological polar surface area (TPSA) is 6.48 Å². The van der Waals surface area contributed by atoms with Crippen molar-refractivity contribution in [2.45, 2.75) is 78.3 Å². The lowest BCUT2D eigenvalue weighted by Crippen LogP contribution is -2.39. The van der Waals surface area contributed by atoms with Crippen LogP contribution in [0.3, 0.4) is 0 Å². The Labute approximate surface area is 114 Å². The number of rotatable bonds is 10. The number of hydrogen-bond donors (Lipinski definition) is 0. The second kappa shape index (κ2) is 9.29. The van der Waals surface area contributed by atoms with E-state index >= 15 is 0 Å². The predicted molar refractivity (Wildman–Crippen MR) is 80.3 cm³/mol. The molecule has 18 heavy (non-hydrogen) atoms. The van der Waals surface area contributed by atoms with Crippen LogP contribution in [0.5, 0.6) is 0 Å². The van der Waals surface area contributed by atoms with Crippen molar-refractivity contribution in [3.63, 3.8) is 0 Å². The summed E-state index contributed by atoms with van der Waals surface area (Å²) >= 11 is 0. The monoisotopic (exact) mass is 252 g/mol. The van der Waals surface area contributed by atoms with Crippen molar-refractivity contribution in [1.29, 1.82) is 0 Å². The molecule has 1 heterocycles. The Balaban J connectivity index is 2.36. The van der Waals surface area contributed by atoms with Gasteiger partial charge in [0.2, 0.25) is 0 Å². The average molecular weight is 252 g/mol. The van der Waals surface area contributed by atoms with Crippen LogP contribution in [-0.4, -0.2) is 29.1 Å². The van der Waals surface area contributed by atoms with E-state index in [2.05, 4.69) is 43.0 Å². The molecule has 1 atom stereocenters. The zero-order chi connectivity index (χ0) is 13.2. The first-order valence-electron chi connectivity index (χ1n) is 8.03. The highest BCUT2D eigenvalue weighted by molar-refractivity contribution is 4.96. The maximum absolute atomic E-state index is 2.57. The molecule has 1 rings (SSSR count). The summed E-state index contributed by atoms with van der Waals surface area (Å²) in [6.45, 7) is 9.29.